The second kappa shape index (κ2) is 7.93. The Morgan fingerprint density at radius 3 is 2.54 bits per heavy atom. The summed E-state index contributed by atoms with van der Waals surface area (Å²) < 4.78 is 17.5. The van der Waals surface area contributed by atoms with E-state index in [1.807, 2.05) is 51.1 Å². The molecule has 0 radical (unpaired) electrons. The maximum Gasteiger partial charge on any atom is 0.229 e. The zero-order valence-corrected chi connectivity index (χ0v) is 16.8. The van der Waals surface area contributed by atoms with Gasteiger partial charge in [-0.3, -0.25) is 0 Å². The third kappa shape index (κ3) is 4.20. The summed E-state index contributed by atoms with van der Waals surface area (Å²) in [7, 11) is 0. The van der Waals surface area contributed by atoms with Gasteiger partial charge in [-0.15, -0.1) is 0 Å². The van der Waals surface area contributed by atoms with Gasteiger partial charge in [0, 0.05) is 37.7 Å². The van der Waals surface area contributed by atoms with Crippen molar-refractivity contribution in [2.75, 3.05) is 36.5 Å². The number of para-hydroxylation sites is 2. The number of nitrogens with zero attached hydrogens (tertiary/aromatic N) is 3. The number of aromatic nitrogens is 2. The minimum absolute atomic E-state index is 0.0950. The van der Waals surface area contributed by atoms with Gasteiger partial charge in [-0.1, -0.05) is 12.1 Å². The van der Waals surface area contributed by atoms with Crippen LogP contribution in [0.3, 0.4) is 0 Å². The third-order valence-electron chi connectivity index (χ3n) is 5.00. The van der Waals surface area contributed by atoms with Gasteiger partial charge >= 0.3 is 0 Å². The zero-order valence-electron chi connectivity index (χ0n) is 16.8. The van der Waals surface area contributed by atoms with Crippen LogP contribution in [0.5, 0.6) is 5.75 Å². The number of ether oxygens (including phenoxy) is 3. The lowest BCUT2D eigenvalue weighted by Gasteiger charge is -2.38. The first-order chi connectivity index (χ1) is 13.5. The molecule has 4 rings (SSSR count). The van der Waals surface area contributed by atoms with Gasteiger partial charge in [0.25, 0.3) is 0 Å². The fraction of sp³-hybridized carbons (Fsp3) is 0.524. The summed E-state index contributed by atoms with van der Waals surface area (Å²) in [5.74, 6) is 1.90. The summed E-state index contributed by atoms with van der Waals surface area (Å²) in [4.78, 5) is 11.6. The van der Waals surface area contributed by atoms with Crippen LogP contribution in [0, 0.1) is 6.92 Å². The Balaban J connectivity index is 1.51. The Kier molecular flexibility index (Phi) is 5.37. The predicted molar refractivity (Wildman–Crippen MR) is 108 cm³/mol. The minimum atomic E-state index is -0.382. The van der Waals surface area contributed by atoms with Gasteiger partial charge in [0.1, 0.15) is 11.6 Å². The van der Waals surface area contributed by atoms with Crippen molar-refractivity contribution in [2.45, 2.75) is 45.5 Å². The van der Waals surface area contributed by atoms with Gasteiger partial charge in [-0.2, -0.15) is 4.98 Å². The lowest BCUT2D eigenvalue weighted by molar-refractivity contribution is -0.169. The topological polar surface area (TPSA) is 68.7 Å². The predicted octanol–water partition coefficient (Wildman–Crippen LogP) is 3.66. The van der Waals surface area contributed by atoms with E-state index in [1.165, 1.54) is 0 Å². The quantitative estimate of drug-likeness (QED) is 0.844. The molecule has 1 aromatic heterocycles. The molecule has 1 aromatic carbocycles. The summed E-state index contributed by atoms with van der Waals surface area (Å²) in [5, 5.41) is 3.32. The Hall–Kier alpha value is -2.38. The van der Waals surface area contributed by atoms with Crippen LogP contribution >= 0.6 is 0 Å². The largest absolute Gasteiger partial charge is 0.489 e. The molecule has 3 heterocycles. The normalized spacial score (nSPS) is 18.6. The highest BCUT2D eigenvalue weighted by molar-refractivity contribution is 5.63. The zero-order chi connectivity index (χ0) is 19.6. The molecule has 0 unspecified atom stereocenters. The van der Waals surface area contributed by atoms with E-state index in [0.29, 0.717) is 19.2 Å². The van der Waals surface area contributed by atoms with Gasteiger partial charge in [0.05, 0.1) is 25.0 Å². The van der Waals surface area contributed by atoms with Crippen LogP contribution in [0.2, 0.25) is 0 Å². The second-order valence-corrected chi connectivity index (χ2v) is 7.57. The van der Waals surface area contributed by atoms with Crippen molar-refractivity contribution in [1.82, 2.24) is 9.97 Å². The lowest BCUT2D eigenvalue weighted by Crippen LogP contribution is -2.45. The van der Waals surface area contributed by atoms with E-state index in [-0.39, 0.29) is 11.9 Å². The van der Waals surface area contributed by atoms with Crippen molar-refractivity contribution in [2.24, 2.45) is 0 Å². The number of piperidine rings is 1. The Bertz CT molecular complexity index is 811. The molecule has 2 saturated heterocycles. The standard InChI is InChI=1S/C21H28N4O3/c1-15(2)28-18-7-5-4-6-17(18)23-20-22-16(3)14-19(24-20)25-10-8-21(9-11-25)26-12-13-27-21/h4-7,14-15H,8-13H2,1-3H3,(H,22,23,24). The lowest BCUT2D eigenvalue weighted by atomic mass is 10.0. The smallest absolute Gasteiger partial charge is 0.229 e. The maximum atomic E-state index is 5.89. The van der Waals surface area contributed by atoms with Crippen LogP contribution in [0.1, 0.15) is 32.4 Å². The molecule has 0 saturated carbocycles. The highest BCUT2D eigenvalue weighted by Gasteiger charge is 2.40. The number of anilines is 3. The monoisotopic (exact) mass is 384 g/mol. The van der Waals surface area contributed by atoms with Gasteiger partial charge in [0.15, 0.2) is 5.79 Å². The van der Waals surface area contributed by atoms with E-state index in [1.54, 1.807) is 0 Å². The van der Waals surface area contributed by atoms with Crippen LogP contribution in [0.15, 0.2) is 30.3 Å². The molecule has 0 aliphatic carbocycles. The van der Waals surface area contributed by atoms with E-state index in [4.69, 9.17) is 19.2 Å². The Morgan fingerprint density at radius 2 is 1.82 bits per heavy atom. The van der Waals surface area contributed by atoms with Crippen LogP contribution in [-0.2, 0) is 9.47 Å². The Morgan fingerprint density at radius 1 is 1.11 bits per heavy atom. The molecule has 2 aliphatic heterocycles. The van der Waals surface area contributed by atoms with Crippen molar-refractivity contribution in [3.05, 3.63) is 36.0 Å². The minimum Gasteiger partial charge on any atom is -0.489 e. The van der Waals surface area contributed by atoms with E-state index < -0.39 is 0 Å². The van der Waals surface area contributed by atoms with E-state index in [9.17, 15) is 0 Å². The van der Waals surface area contributed by atoms with E-state index in [0.717, 1.165) is 48.9 Å². The summed E-state index contributed by atoms with van der Waals surface area (Å²) in [6.07, 6.45) is 1.80. The first kappa shape index (κ1) is 19.0. The molecule has 150 valence electrons. The third-order valence-corrected chi connectivity index (χ3v) is 5.00. The summed E-state index contributed by atoms with van der Waals surface area (Å²) in [5.41, 5.74) is 1.78. The van der Waals surface area contributed by atoms with Crippen molar-refractivity contribution in [1.29, 1.82) is 0 Å². The molecule has 2 aliphatic rings. The summed E-state index contributed by atoms with van der Waals surface area (Å²) >= 11 is 0. The van der Waals surface area contributed by atoms with Crippen LogP contribution in [0.25, 0.3) is 0 Å². The first-order valence-corrected chi connectivity index (χ1v) is 9.94. The molecule has 0 atom stereocenters. The SMILES string of the molecule is Cc1cc(N2CCC3(CC2)OCCO3)nc(Nc2ccccc2OC(C)C)n1. The molecule has 2 fully saturated rings. The van der Waals surface area contributed by atoms with Crippen LogP contribution in [-0.4, -0.2) is 48.2 Å². The average Bonchev–Trinajstić information content (AvgIpc) is 3.11. The fourth-order valence-corrected chi connectivity index (χ4v) is 3.68. The molecule has 1 N–H and O–H groups in total. The number of hydrogen-bond acceptors (Lipinski definition) is 7. The number of hydrogen-bond donors (Lipinski definition) is 1. The van der Waals surface area contributed by atoms with Gasteiger partial charge in [-0.05, 0) is 32.9 Å². The average molecular weight is 384 g/mol. The highest BCUT2D eigenvalue weighted by Crippen LogP contribution is 2.33. The number of nitrogens with one attached hydrogen (secondary N) is 1. The highest BCUT2D eigenvalue weighted by atomic mass is 16.7. The Labute approximate surface area is 166 Å². The van der Waals surface area contributed by atoms with Crippen molar-refractivity contribution >= 4 is 17.5 Å². The van der Waals surface area contributed by atoms with Crippen molar-refractivity contribution < 1.29 is 14.2 Å². The summed E-state index contributed by atoms with van der Waals surface area (Å²) in [6.45, 7) is 9.10. The van der Waals surface area contributed by atoms with Crippen molar-refractivity contribution in [3.8, 4) is 5.75 Å². The van der Waals surface area contributed by atoms with Gasteiger partial charge in [-0.25, -0.2) is 4.98 Å². The van der Waals surface area contributed by atoms with Gasteiger partial charge in [0.2, 0.25) is 5.95 Å². The molecule has 7 heteroatoms. The number of benzene rings is 1. The fourth-order valence-electron chi connectivity index (χ4n) is 3.68. The van der Waals surface area contributed by atoms with Gasteiger partial charge < -0.3 is 24.4 Å². The molecule has 7 nitrogen and oxygen atoms in total. The molecular formula is C21H28N4O3. The van der Waals surface area contributed by atoms with Crippen LogP contribution < -0.4 is 15.0 Å². The van der Waals surface area contributed by atoms with Crippen molar-refractivity contribution in [3.63, 3.8) is 0 Å². The molecule has 0 amide bonds. The number of rotatable bonds is 5. The van der Waals surface area contributed by atoms with E-state index >= 15 is 0 Å². The molecular weight excluding hydrogens is 356 g/mol. The summed E-state index contributed by atoms with van der Waals surface area (Å²) in [6, 6.07) is 9.88. The molecule has 2 aromatic rings. The second-order valence-electron chi connectivity index (χ2n) is 7.57. The van der Waals surface area contributed by atoms with Crippen LogP contribution in [0.4, 0.5) is 17.5 Å². The van der Waals surface area contributed by atoms with E-state index in [2.05, 4.69) is 15.2 Å². The molecule has 0 bridgehead atoms. The molecule has 28 heavy (non-hydrogen) atoms. The number of aryl methyl sites for hydroxylation is 1. The first-order valence-electron chi connectivity index (χ1n) is 9.94. The maximum absolute atomic E-state index is 5.89. The molecule has 1 spiro atoms.